The van der Waals surface area contributed by atoms with Gasteiger partial charge in [0.25, 0.3) is 0 Å². The van der Waals surface area contributed by atoms with Gasteiger partial charge in [0.1, 0.15) is 4.90 Å². The van der Waals surface area contributed by atoms with Crippen LogP contribution >= 0.6 is 0 Å². The van der Waals surface area contributed by atoms with Crippen LogP contribution in [0.2, 0.25) is 0 Å². The largest absolute Gasteiger partial charge is 0.398 e. The van der Waals surface area contributed by atoms with Gasteiger partial charge in [-0.2, -0.15) is 0 Å². The van der Waals surface area contributed by atoms with Crippen molar-refractivity contribution >= 4 is 26.6 Å². The summed E-state index contributed by atoms with van der Waals surface area (Å²) in [5.74, 6) is 0. The number of nitrogens with zero attached hydrogens (tertiary/aromatic N) is 1. The zero-order valence-corrected chi connectivity index (χ0v) is 12.9. The molecule has 2 rings (SSSR count). The van der Waals surface area contributed by atoms with Crippen LogP contribution in [0.3, 0.4) is 0 Å². The number of benzene rings is 1. The summed E-state index contributed by atoms with van der Waals surface area (Å²) in [5.41, 5.74) is 6.74. The van der Waals surface area contributed by atoms with Crippen molar-refractivity contribution in [3.05, 3.63) is 30.5 Å². The standard InChI is InChI=1S/C14H19N3O3S/c1-3-10(9-20-2)17-21(18,19)13-7-6-12(15)11-5-4-8-16-14(11)13/h4-8,10,17H,3,9,15H2,1-2H3. The van der Waals surface area contributed by atoms with E-state index in [0.717, 1.165) is 0 Å². The number of ether oxygens (including phenoxy) is 1. The molecule has 0 aliphatic heterocycles. The smallest absolute Gasteiger partial charge is 0.243 e. The quantitative estimate of drug-likeness (QED) is 0.789. The minimum absolute atomic E-state index is 0.127. The van der Waals surface area contributed by atoms with Gasteiger partial charge in [-0.3, -0.25) is 4.98 Å². The lowest BCUT2D eigenvalue weighted by atomic mass is 10.2. The minimum Gasteiger partial charge on any atom is -0.398 e. The summed E-state index contributed by atoms with van der Waals surface area (Å²) in [6.07, 6.45) is 2.18. The fourth-order valence-electron chi connectivity index (χ4n) is 2.10. The maximum atomic E-state index is 12.6. The summed E-state index contributed by atoms with van der Waals surface area (Å²) in [6, 6.07) is 6.25. The van der Waals surface area contributed by atoms with Crippen LogP contribution in [0.15, 0.2) is 35.4 Å². The summed E-state index contributed by atoms with van der Waals surface area (Å²) < 4.78 is 32.8. The monoisotopic (exact) mass is 309 g/mol. The second kappa shape index (κ2) is 6.38. The average molecular weight is 309 g/mol. The number of rotatable bonds is 6. The van der Waals surface area contributed by atoms with E-state index >= 15 is 0 Å². The summed E-state index contributed by atoms with van der Waals surface area (Å²) in [4.78, 5) is 4.28. The topological polar surface area (TPSA) is 94.3 Å². The molecule has 0 saturated carbocycles. The van der Waals surface area contributed by atoms with Gasteiger partial charge in [-0.25, -0.2) is 13.1 Å². The molecule has 7 heteroatoms. The SMILES string of the molecule is CCC(COC)NS(=O)(=O)c1ccc(N)c2cccnc12. The highest BCUT2D eigenvalue weighted by Gasteiger charge is 2.22. The van der Waals surface area contributed by atoms with Crippen molar-refractivity contribution in [2.24, 2.45) is 0 Å². The molecule has 0 aliphatic rings. The lowest BCUT2D eigenvalue weighted by Gasteiger charge is -2.17. The maximum absolute atomic E-state index is 12.6. The zero-order chi connectivity index (χ0) is 15.5. The normalized spacial score (nSPS) is 13.4. The number of fused-ring (bicyclic) bond motifs is 1. The highest BCUT2D eigenvalue weighted by atomic mass is 32.2. The lowest BCUT2D eigenvalue weighted by molar-refractivity contribution is 0.173. The molecule has 6 nitrogen and oxygen atoms in total. The summed E-state index contributed by atoms with van der Waals surface area (Å²) in [5, 5.41) is 0.625. The third kappa shape index (κ3) is 3.31. The number of nitrogens with two attached hydrogens (primary N) is 1. The maximum Gasteiger partial charge on any atom is 0.243 e. The molecule has 0 saturated heterocycles. The third-order valence-corrected chi connectivity index (χ3v) is 4.79. The van der Waals surface area contributed by atoms with Gasteiger partial charge in [-0.15, -0.1) is 0 Å². The molecular weight excluding hydrogens is 290 g/mol. The van der Waals surface area contributed by atoms with E-state index in [4.69, 9.17) is 10.5 Å². The number of methoxy groups -OCH3 is 1. The van der Waals surface area contributed by atoms with E-state index in [9.17, 15) is 8.42 Å². The van der Waals surface area contributed by atoms with Crippen molar-refractivity contribution in [3.8, 4) is 0 Å². The molecule has 0 spiro atoms. The van der Waals surface area contributed by atoms with Crippen LogP contribution in [0.25, 0.3) is 10.9 Å². The molecule has 1 aromatic heterocycles. The molecule has 3 N–H and O–H groups in total. The second-order valence-electron chi connectivity index (χ2n) is 4.73. The fourth-order valence-corrected chi connectivity index (χ4v) is 3.57. The summed E-state index contributed by atoms with van der Waals surface area (Å²) in [7, 11) is -2.15. The molecule has 21 heavy (non-hydrogen) atoms. The lowest BCUT2D eigenvalue weighted by Crippen LogP contribution is -2.37. The van der Waals surface area contributed by atoms with Crippen molar-refractivity contribution < 1.29 is 13.2 Å². The minimum atomic E-state index is -3.69. The molecule has 1 unspecified atom stereocenters. The Morgan fingerprint density at radius 3 is 2.81 bits per heavy atom. The van der Waals surface area contributed by atoms with Gasteiger partial charge < -0.3 is 10.5 Å². The van der Waals surface area contributed by atoms with Crippen molar-refractivity contribution in [1.29, 1.82) is 0 Å². The van der Waals surface area contributed by atoms with Gasteiger partial charge in [-0.1, -0.05) is 6.92 Å². The average Bonchev–Trinajstić information content (AvgIpc) is 2.47. The summed E-state index contributed by atoms with van der Waals surface area (Å²) >= 11 is 0. The Morgan fingerprint density at radius 2 is 2.14 bits per heavy atom. The highest BCUT2D eigenvalue weighted by Crippen LogP contribution is 2.25. The van der Waals surface area contributed by atoms with Crippen LogP contribution in [0.5, 0.6) is 0 Å². The van der Waals surface area contributed by atoms with Gasteiger partial charge >= 0.3 is 0 Å². The molecule has 1 aromatic carbocycles. The first-order chi connectivity index (χ1) is 9.99. The number of pyridine rings is 1. The van der Waals surface area contributed by atoms with Crippen LogP contribution < -0.4 is 10.5 Å². The molecule has 0 bridgehead atoms. The van der Waals surface area contributed by atoms with Gasteiger partial charge in [0, 0.05) is 30.4 Å². The van der Waals surface area contributed by atoms with Gasteiger partial charge in [0.2, 0.25) is 10.0 Å². The summed E-state index contributed by atoms with van der Waals surface area (Å²) in [6.45, 7) is 2.21. The van der Waals surface area contributed by atoms with E-state index in [1.54, 1.807) is 24.4 Å². The predicted octanol–water partition coefficient (Wildman–Crippen LogP) is 1.52. The zero-order valence-electron chi connectivity index (χ0n) is 12.0. The Labute approximate surface area is 124 Å². The molecule has 2 aromatic rings. The molecular formula is C14H19N3O3S. The number of nitrogen functional groups attached to an aromatic ring is 1. The molecule has 1 atom stereocenters. The van der Waals surface area contributed by atoms with Crippen LogP contribution in [-0.4, -0.2) is 33.2 Å². The van der Waals surface area contributed by atoms with E-state index in [2.05, 4.69) is 9.71 Å². The van der Waals surface area contributed by atoms with E-state index in [-0.39, 0.29) is 10.9 Å². The van der Waals surface area contributed by atoms with E-state index in [0.29, 0.717) is 29.6 Å². The number of aromatic nitrogens is 1. The second-order valence-corrected chi connectivity index (χ2v) is 6.42. The first-order valence-corrected chi connectivity index (χ1v) is 8.12. The number of sulfonamides is 1. The molecule has 0 fully saturated rings. The third-order valence-electron chi connectivity index (χ3n) is 3.24. The number of anilines is 1. The highest BCUT2D eigenvalue weighted by molar-refractivity contribution is 7.89. The van der Waals surface area contributed by atoms with Gasteiger partial charge in [-0.05, 0) is 30.7 Å². The van der Waals surface area contributed by atoms with Crippen LogP contribution in [0, 0.1) is 0 Å². The Hall–Kier alpha value is -1.70. The molecule has 0 radical (unpaired) electrons. The first kappa shape index (κ1) is 15.7. The van der Waals surface area contributed by atoms with Gasteiger partial charge in [0.15, 0.2) is 0 Å². The van der Waals surface area contributed by atoms with Gasteiger partial charge in [0.05, 0.1) is 12.1 Å². The van der Waals surface area contributed by atoms with Crippen LogP contribution in [0.1, 0.15) is 13.3 Å². The predicted molar refractivity (Wildman–Crippen MR) is 82.4 cm³/mol. The Bertz CT molecular complexity index is 731. The van der Waals surface area contributed by atoms with E-state index < -0.39 is 10.0 Å². The number of hydrogen-bond donors (Lipinski definition) is 2. The van der Waals surface area contributed by atoms with Crippen LogP contribution in [0.4, 0.5) is 5.69 Å². The van der Waals surface area contributed by atoms with Crippen molar-refractivity contribution in [2.45, 2.75) is 24.3 Å². The van der Waals surface area contributed by atoms with Crippen LogP contribution in [-0.2, 0) is 14.8 Å². The van der Waals surface area contributed by atoms with Crippen molar-refractivity contribution in [3.63, 3.8) is 0 Å². The Balaban J connectivity index is 2.48. The Morgan fingerprint density at radius 1 is 1.38 bits per heavy atom. The first-order valence-electron chi connectivity index (χ1n) is 6.64. The Kier molecular flexibility index (Phi) is 4.76. The molecule has 0 amide bonds. The molecule has 1 heterocycles. The van der Waals surface area contributed by atoms with Crippen molar-refractivity contribution in [2.75, 3.05) is 19.5 Å². The number of nitrogens with one attached hydrogen (secondary N) is 1. The van der Waals surface area contributed by atoms with E-state index in [1.165, 1.54) is 13.2 Å². The fraction of sp³-hybridized carbons (Fsp3) is 0.357. The van der Waals surface area contributed by atoms with Crippen molar-refractivity contribution in [1.82, 2.24) is 9.71 Å². The number of hydrogen-bond acceptors (Lipinski definition) is 5. The molecule has 114 valence electrons. The van der Waals surface area contributed by atoms with E-state index in [1.807, 2.05) is 6.92 Å². The molecule has 0 aliphatic carbocycles.